The van der Waals surface area contributed by atoms with Gasteiger partial charge in [-0.05, 0) is 42.0 Å². The van der Waals surface area contributed by atoms with Crippen molar-refractivity contribution in [2.24, 2.45) is 5.92 Å². The van der Waals surface area contributed by atoms with Gasteiger partial charge in [0.05, 0.1) is 0 Å². The highest BCUT2D eigenvalue weighted by atomic mass is 79.9. The third-order valence-electron chi connectivity index (χ3n) is 2.90. The average molecular weight is 385 g/mol. The fraction of sp³-hybridized carbons (Fsp3) is 0.538. The normalized spacial score (nSPS) is 14.0. The molecule has 0 saturated carbocycles. The molecule has 1 aromatic rings. The van der Waals surface area contributed by atoms with E-state index in [0.29, 0.717) is 12.6 Å². The second-order valence-corrected chi connectivity index (χ2v) is 7.94. The third-order valence-corrected chi connectivity index (χ3v) is 5.36. The summed E-state index contributed by atoms with van der Waals surface area (Å²) >= 11 is 2.90. The third kappa shape index (κ3) is 4.98. The molecule has 0 aliphatic heterocycles. The molecule has 4 nitrogen and oxygen atoms in total. The van der Waals surface area contributed by atoms with Crippen LogP contribution in [0.15, 0.2) is 21.5 Å². The van der Waals surface area contributed by atoms with E-state index in [-0.39, 0.29) is 16.4 Å². The maximum atomic E-state index is 13.8. The van der Waals surface area contributed by atoms with Gasteiger partial charge in [0.15, 0.2) is 0 Å². The standard InChI is InChI=1S/C13H19BrF2N2O2S/c1-8(2)12(7-18(3)4)17-21(19,20)13-10(14)5-9(15)6-11(13)16/h5-6,8,12,17H,7H2,1-4H3. The van der Waals surface area contributed by atoms with E-state index in [4.69, 9.17) is 0 Å². The average Bonchev–Trinajstić information content (AvgIpc) is 2.24. The Morgan fingerprint density at radius 3 is 2.29 bits per heavy atom. The van der Waals surface area contributed by atoms with Crippen LogP contribution in [-0.2, 0) is 10.0 Å². The molecule has 0 bridgehead atoms. The van der Waals surface area contributed by atoms with Gasteiger partial charge in [-0.25, -0.2) is 21.9 Å². The maximum absolute atomic E-state index is 13.8. The lowest BCUT2D eigenvalue weighted by Gasteiger charge is -2.25. The highest BCUT2D eigenvalue weighted by Gasteiger charge is 2.28. The highest BCUT2D eigenvalue weighted by molar-refractivity contribution is 9.10. The minimum atomic E-state index is -4.09. The largest absolute Gasteiger partial charge is 0.308 e. The Balaban J connectivity index is 3.17. The van der Waals surface area contributed by atoms with E-state index in [1.807, 2.05) is 32.8 Å². The van der Waals surface area contributed by atoms with E-state index in [0.717, 1.165) is 6.07 Å². The van der Waals surface area contributed by atoms with Gasteiger partial charge in [-0.15, -0.1) is 0 Å². The molecular formula is C13H19BrF2N2O2S. The van der Waals surface area contributed by atoms with Crippen LogP contribution in [0.2, 0.25) is 0 Å². The van der Waals surface area contributed by atoms with Crippen molar-refractivity contribution in [2.75, 3.05) is 20.6 Å². The zero-order valence-electron chi connectivity index (χ0n) is 12.3. The molecule has 0 spiro atoms. The van der Waals surface area contributed by atoms with Crippen molar-refractivity contribution in [2.45, 2.75) is 24.8 Å². The summed E-state index contributed by atoms with van der Waals surface area (Å²) in [6.45, 7) is 4.21. The summed E-state index contributed by atoms with van der Waals surface area (Å²) in [6, 6.07) is 1.09. The van der Waals surface area contributed by atoms with E-state index in [2.05, 4.69) is 20.7 Å². The molecule has 0 aliphatic carbocycles. The Bertz CT molecular complexity index is 583. The van der Waals surface area contributed by atoms with Crippen molar-refractivity contribution < 1.29 is 17.2 Å². The number of halogens is 3. The van der Waals surface area contributed by atoms with Crippen LogP contribution < -0.4 is 4.72 Å². The first-order valence-corrected chi connectivity index (χ1v) is 8.64. The smallest absolute Gasteiger partial charge is 0.244 e. The summed E-state index contributed by atoms with van der Waals surface area (Å²) in [6.07, 6.45) is 0. The van der Waals surface area contributed by atoms with Crippen LogP contribution >= 0.6 is 15.9 Å². The number of sulfonamides is 1. The first-order chi connectivity index (χ1) is 9.54. The summed E-state index contributed by atoms with van der Waals surface area (Å²) in [7, 11) is -0.458. The zero-order chi connectivity index (χ0) is 16.4. The number of nitrogens with zero attached hydrogens (tertiary/aromatic N) is 1. The van der Waals surface area contributed by atoms with Gasteiger partial charge < -0.3 is 4.90 Å². The summed E-state index contributed by atoms with van der Waals surface area (Å²) in [5.41, 5.74) is 0. The maximum Gasteiger partial charge on any atom is 0.244 e. The Labute approximate surface area is 132 Å². The summed E-state index contributed by atoms with van der Waals surface area (Å²) < 4.78 is 53.9. The van der Waals surface area contributed by atoms with Crippen molar-refractivity contribution >= 4 is 26.0 Å². The second kappa shape index (κ2) is 7.13. The van der Waals surface area contributed by atoms with Crippen LogP contribution in [-0.4, -0.2) is 40.0 Å². The van der Waals surface area contributed by atoms with Crippen molar-refractivity contribution in [1.29, 1.82) is 0 Å². The lowest BCUT2D eigenvalue weighted by atomic mass is 10.1. The minimum absolute atomic E-state index is 0.0180. The lowest BCUT2D eigenvalue weighted by molar-refractivity contribution is 0.314. The first-order valence-electron chi connectivity index (χ1n) is 6.36. The summed E-state index contributed by atoms with van der Waals surface area (Å²) in [5.74, 6) is -1.95. The monoisotopic (exact) mass is 384 g/mol. The molecule has 0 amide bonds. The predicted octanol–water partition coefficient (Wildman–Crippen LogP) is 2.59. The summed E-state index contributed by atoms with van der Waals surface area (Å²) in [5, 5.41) is 0. The number of rotatable bonds is 6. The Morgan fingerprint density at radius 1 is 1.29 bits per heavy atom. The van der Waals surface area contributed by atoms with E-state index < -0.39 is 26.6 Å². The van der Waals surface area contributed by atoms with Gasteiger partial charge in [-0.3, -0.25) is 0 Å². The number of hydrogen-bond acceptors (Lipinski definition) is 3. The fourth-order valence-corrected chi connectivity index (χ4v) is 4.36. The second-order valence-electron chi connectivity index (χ2n) is 5.43. The van der Waals surface area contributed by atoms with Gasteiger partial charge in [0.25, 0.3) is 0 Å². The van der Waals surface area contributed by atoms with Crippen molar-refractivity contribution in [3.8, 4) is 0 Å². The Morgan fingerprint density at radius 2 is 1.86 bits per heavy atom. The van der Waals surface area contributed by atoms with Crippen LogP contribution in [0, 0.1) is 17.6 Å². The van der Waals surface area contributed by atoms with Gasteiger partial charge >= 0.3 is 0 Å². The molecular weight excluding hydrogens is 366 g/mol. The first kappa shape index (κ1) is 18.5. The zero-order valence-corrected chi connectivity index (χ0v) is 14.7. The molecule has 0 radical (unpaired) electrons. The van der Waals surface area contributed by atoms with Gasteiger partial charge in [0, 0.05) is 23.1 Å². The topological polar surface area (TPSA) is 49.4 Å². The van der Waals surface area contributed by atoms with Crippen LogP contribution in [0.1, 0.15) is 13.8 Å². The van der Waals surface area contributed by atoms with Crippen molar-refractivity contribution in [3.63, 3.8) is 0 Å². The molecule has 1 atom stereocenters. The molecule has 1 N–H and O–H groups in total. The van der Waals surface area contributed by atoms with Gasteiger partial charge in [0.2, 0.25) is 10.0 Å². The fourth-order valence-electron chi connectivity index (χ4n) is 1.82. The van der Waals surface area contributed by atoms with E-state index >= 15 is 0 Å². The van der Waals surface area contributed by atoms with E-state index in [1.54, 1.807) is 0 Å². The molecule has 21 heavy (non-hydrogen) atoms. The van der Waals surface area contributed by atoms with Crippen LogP contribution in [0.3, 0.4) is 0 Å². The predicted molar refractivity (Wildman–Crippen MR) is 81.6 cm³/mol. The van der Waals surface area contributed by atoms with Crippen molar-refractivity contribution in [1.82, 2.24) is 9.62 Å². The molecule has 0 saturated heterocycles. The van der Waals surface area contributed by atoms with Gasteiger partial charge in [-0.2, -0.15) is 0 Å². The number of nitrogens with one attached hydrogen (secondary N) is 1. The van der Waals surface area contributed by atoms with Gasteiger partial charge in [-0.1, -0.05) is 13.8 Å². The number of likely N-dealkylation sites (N-methyl/N-ethyl adjacent to an activating group) is 1. The molecule has 0 heterocycles. The Hall–Kier alpha value is -0.570. The molecule has 1 unspecified atom stereocenters. The van der Waals surface area contributed by atoms with Crippen LogP contribution in [0.25, 0.3) is 0 Å². The van der Waals surface area contributed by atoms with E-state index in [1.165, 1.54) is 0 Å². The number of benzene rings is 1. The number of hydrogen-bond donors (Lipinski definition) is 1. The quantitative estimate of drug-likeness (QED) is 0.819. The summed E-state index contributed by atoms with van der Waals surface area (Å²) in [4.78, 5) is 1.26. The minimum Gasteiger partial charge on any atom is -0.308 e. The highest BCUT2D eigenvalue weighted by Crippen LogP contribution is 2.26. The SMILES string of the molecule is CC(C)C(CN(C)C)NS(=O)(=O)c1c(F)cc(F)cc1Br. The molecule has 120 valence electrons. The molecule has 0 fully saturated rings. The molecule has 0 aromatic heterocycles. The lowest BCUT2D eigenvalue weighted by Crippen LogP contribution is -2.45. The van der Waals surface area contributed by atoms with Crippen LogP contribution in [0.4, 0.5) is 8.78 Å². The van der Waals surface area contributed by atoms with E-state index in [9.17, 15) is 17.2 Å². The molecule has 1 rings (SSSR count). The van der Waals surface area contributed by atoms with Gasteiger partial charge in [0.1, 0.15) is 16.5 Å². The molecule has 8 heteroatoms. The molecule has 0 aliphatic rings. The molecule has 1 aromatic carbocycles. The van der Waals surface area contributed by atoms with Crippen molar-refractivity contribution in [3.05, 3.63) is 28.2 Å². The Kier molecular flexibility index (Phi) is 6.27. The van der Waals surface area contributed by atoms with Crippen LogP contribution in [0.5, 0.6) is 0 Å².